The highest BCUT2D eigenvalue weighted by Gasteiger charge is 2.31. The molecule has 7 nitrogen and oxygen atoms in total. The molecule has 2 amide bonds. The van der Waals surface area contributed by atoms with Crippen LogP contribution in [-0.4, -0.2) is 30.6 Å². The van der Waals surface area contributed by atoms with Gasteiger partial charge in [-0.3, -0.25) is 0 Å². The Morgan fingerprint density at radius 1 is 1.00 bits per heavy atom. The lowest BCUT2D eigenvalue weighted by Gasteiger charge is -2.27. The zero-order chi connectivity index (χ0) is 22.6. The molecule has 1 fully saturated rings. The fourth-order valence-corrected chi connectivity index (χ4v) is 3.02. The van der Waals surface area contributed by atoms with Crippen molar-refractivity contribution in [3.05, 3.63) is 72.4 Å². The molecule has 0 aliphatic carbocycles. The Labute approximate surface area is 181 Å². The van der Waals surface area contributed by atoms with Gasteiger partial charge in [-0.2, -0.15) is 0 Å². The van der Waals surface area contributed by atoms with E-state index >= 15 is 0 Å². The number of aromatic nitrogens is 1. The average Bonchev–Trinajstić information content (AvgIpc) is 2.70. The number of ether oxygens (including phenoxy) is 3. The summed E-state index contributed by atoms with van der Waals surface area (Å²) in [5.74, 6) is 0.660. The maximum absolute atomic E-state index is 12.4. The monoisotopic (exact) mass is 445 g/mol. The standard InChI is InChI=1S/C22H18F3N3O4/c23-22(24,25)32-16-9-7-15(8-10-16)27-21(29)28-18-5-3-11-26-20(18)31-19-6-2-1-4-17(19)14-12-30-13-14/h1-11,14H,12-13H2,(H2,27,28,29). The summed E-state index contributed by atoms with van der Waals surface area (Å²) >= 11 is 0. The molecule has 0 saturated carbocycles. The third-order valence-corrected chi connectivity index (χ3v) is 4.57. The number of benzene rings is 2. The molecule has 166 valence electrons. The Kier molecular flexibility index (Phi) is 6.13. The van der Waals surface area contributed by atoms with Crippen LogP contribution in [0.25, 0.3) is 0 Å². The minimum absolute atomic E-state index is 0.198. The molecule has 32 heavy (non-hydrogen) atoms. The molecule has 3 aromatic rings. The van der Waals surface area contributed by atoms with E-state index in [0.29, 0.717) is 24.7 Å². The number of hydrogen-bond acceptors (Lipinski definition) is 5. The zero-order valence-corrected chi connectivity index (χ0v) is 16.6. The van der Waals surface area contributed by atoms with Crippen molar-refractivity contribution in [1.29, 1.82) is 0 Å². The summed E-state index contributed by atoms with van der Waals surface area (Å²) in [6.07, 6.45) is -3.25. The van der Waals surface area contributed by atoms with Gasteiger partial charge < -0.3 is 24.8 Å². The molecule has 1 aromatic heterocycles. The number of urea groups is 1. The maximum Gasteiger partial charge on any atom is 0.573 e. The van der Waals surface area contributed by atoms with E-state index in [4.69, 9.17) is 9.47 Å². The van der Waals surface area contributed by atoms with Crippen LogP contribution >= 0.6 is 0 Å². The summed E-state index contributed by atoms with van der Waals surface area (Å²) in [7, 11) is 0. The molecule has 0 unspecified atom stereocenters. The van der Waals surface area contributed by atoms with Crippen LogP contribution in [0.2, 0.25) is 0 Å². The number of amides is 2. The largest absolute Gasteiger partial charge is 0.573 e. The van der Waals surface area contributed by atoms with Crippen molar-refractivity contribution in [1.82, 2.24) is 4.98 Å². The van der Waals surface area contributed by atoms with E-state index < -0.39 is 12.4 Å². The highest BCUT2D eigenvalue weighted by Crippen LogP contribution is 2.35. The van der Waals surface area contributed by atoms with E-state index in [1.165, 1.54) is 18.3 Å². The molecule has 2 aromatic carbocycles. The Bertz CT molecular complexity index is 1090. The number of pyridine rings is 1. The average molecular weight is 445 g/mol. The van der Waals surface area contributed by atoms with Crippen molar-refractivity contribution >= 4 is 17.4 Å². The van der Waals surface area contributed by atoms with Gasteiger partial charge in [-0.1, -0.05) is 18.2 Å². The van der Waals surface area contributed by atoms with Crippen LogP contribution < -0.4 is 20.1 Å². The van der Waals surface area contributed by atoms with E-state index in [0.717, 1.165) is 17.7 Å². The number of carbonyl (C=O) groups is 1. The number of hydrogen-bond donors (Lipinski definition) is 2. The number of nitrogens with zero attached hydrogens (tertiary/aromatic N) is 1. The number of para-hydroxylation sites is 1. The first-order valence-corrected chi connectivity index (χ1v) is 9.61. The summed E-state index contributed by atoms with van der Waals surface area (Å²) in [6.45, 7) is 1.23. The minimum atomic E-state index is -4.78. The van der Waals surface area contributed by atoms with E-state index in [9.17, 15) is 18.0 Å². The number of halogens is 3. The molecular formula is C22H18F3N3O4. The Morgan fingerprint density at radius 3 is 2.44 bits per heavy atom. The molecule has 0 radical (unpaired) electrons. The molecule has 1 aliphatic heterocycles. The molecule has 1 saturated heterocycles. The predicted molar refractivity (Wildman–Crippen MR) is 110 cm³/mol. The summed E-state index contributed by atoms with van der Waals surface area (Å²) < 4.78 is 51.8. The first-order valence-electron chi connectivity index (χ1n) is 9.61. The third-order valence-electron chi connectivity index (χ3n) is 4.57. The first kappa shape index (κ1) is 21.4. The summed E-state index contributed by atoms with van der Waals surface area (Å²) in [4.78, 5) is 16.6. The fraction of sp³-hybridized carbons (Fsp3) is 0.182. The molecule has 1 aliphatic rings. The fourth-order valence-electron chi connectivity index (χ4n) is 3.02. The van der Waals surface area contributed by atoms with Crippen LogP contribution in [0.3, 0.4) is 0 Å². The minimum Gasteiger partial charge on any atom is -0.437 e. The van der Waals surface area contributed by atoms with E-state index in [1.807, 2.05) is 24.3 Å². The second-order valence-electron chi connectivity index (χ2n) is 6.88. The Morgan fingerprint density at radius 2 is 1.75 bits per heavy atom. The number of carbonyl (C=O) groups excluding carboxylic acids is 1. The lowest BCUT2D eigenvalue weighted by molar-refractivity contribution is -0.274. The SMILES string of the molecule is O=C(Nc1ccc(OC(F)(F)F)cc1)Nc1cccnc1Oc1ccccc1C1COC1. The van der Waals surface area contributed by atoms with E-state index in [1.54, 1.807) is 12.1 Å². The molecule has 0 bridgehead atoms. The van der Waals surface area contributed by atoms with Crippen LogP contribution in [0.4, 0.5) is 29.3 Å². The van der Waals surface area contributed by atoms with Crippen molar-refractivity contribution in [3.8, 4) is 17.4 Å². The molecule has 4 rings (SSSR count). The molecule has 10 heteroatoms. The second kappa shape index (κ2) is 9.15. The highest BCUT2D eigenvalue weighted by atomic mass is 19.4. The van der Waals surface area contributed by atoms with Crippen molar-refractivity contribution in [2.75, 3.05) is 23.8 Å². The van der Waals surface area contributed by atoms with Crippen LogP contribution in [0.15, 0.2) is 66.9 Å². The van der Waals surface area contributed by atoms with Crippen LogP contribution in [0.1, 0.15) is 11.5 Å². The molecular weight excluding hydrogens is 427 g/mol. The zero-order valence-electron chi connectivity index (χ0n) is 16.6. The second-order valence-corrected chi connectivity index (χ2v) is 6.88. The number of nitrogens with one attached hydrogen (secondary N) is 2. The van der Waals surface area contributed by atoms with Crippen molar-refractivity contribution in [3.63, 3.8) is 0 Å². The van der Waals surface area contributed by atoms with Gasteiger partial charge >= 0.3 is 12.4 Å². The first-order chi connectivity index (χ1) is 15.4. The lowest BCUT2D eigenvalue weighted by Crippen LogP contribution is -2.25. The van der Waals surface area contributed by atoms with Crippen molar-refractivity contribution in [2.24, 2.45) is 0 Å². The molecule has 0 spiro atoms. The van der Waals surface area contributed by atoms with Crippen LogP contribution in [-0.2, 0) is 4.74 Å². The highest BCUT2D eigenvalue weighted by molar-refractivity contribution is 6.00. The molecule has 2 heterocycles. The lowest BCUT2D eigenvalue weighted by atomic mass is 9.97. The van der Waals surface area contributed by atoms with E-state index in [2.05, 4.69) is 20.4 Å². The quantitative estimate of drug-likeness (QED) is 0.521. The Hall–Kier alpha value is -3.79. The number of rotatable bonds is 6. The van der Waals surface area contributed by atoms with Crippen LogP contribution in [0, 0.1) is 0 Å². The van der Waals surface area contributed by atoms with Gasteiger partial charge in [0.15, 0.2) is 0 Å². The third kappa shape index (κ3) is 5.46. The van der Waals surface area contributed by atoms with Gasteiger partial charge in [-0.05, 0) is 42.5 Å². The smallest absolute Gasteiger partial charge is 0.437 e. The summed E-state index contributed by atoms with van der Waals surface area (Å²) in [5.41, 5.74) is 1.58. The molecule has 0 atom stereocenters. The van der Waals surface area contributed by atoms with E-state index in [-0.39, 0.29) is 23.2 Å². The van der Waals surface area contributed by atoms with Crippen molar-refractivity contribution in [2.45, 2.75) is 12.3 Å². The number of anilines is 2. The van der Waals surface area contributed by atoms with Gasteiger partial charge in [0.25, 0.3) is 0 Å². The van der Waals surface area contributed by atoms with Gasteiger partial charge in [-0.15, -0.1) is 13.2 Å². The summed E-state index contributed by atoms with van der Waals surface area (Å²) in [6, 6.07) is 14.9. The topological polar surface area (TPSA) is 81.7 Å². The number of alkyl halides is 3. The van der Waals surface area contributed by atoms with Crippen molar-refractivity contribution < 1.29 is 32.2 Å². The predicted octanol–water partition coefficient (Wildman–Crippen LogP) is 5.53. The van der Waals surface area contributed by atoms with Crippen LogP contribution in [0.5, 0.6) is 17.4 Å². The van der Waals surface area contributed by atoms with Gasteiger partial charge in [0, 0.05) is 23.4 Å². The maximum atomic E-state index is 12.4. The van der Waals surface area contributed by atoms with Gasteiger partial charge in [0.2, 0.25) is 5.88 Å². The molecule has 2 N–H and O–H groups in total. The Balaban J connectivity index is 1.43. The normalized spacial score (nSPS) is 13.7. The van der Waals surface area contributed by atoms with Gasteiger partial charge in [0.1, 0.15) is 17.2 Å². The van der Waals surface area contributed by atoms with Gasteiger partial charge in [0.05, 0.1) is 13.2 Å². The summed E-state index contributed by atoms with van der Waals surface area (Å²) in [5, 5.41) is 5.17. The van der Waals surface area contributed by atoms with Gasteiger partial charge in [-0.25, -0.2) is 9.78 Å².